The first-order valence-electron chi connectivity index (χ1n) is 6.66. The molecule has 24 heavy (non-hydrogen) atoms. The van der Waals surface area contributed by atoms with Crippen LogP contribution < -0.4 is 9.64 Å². The minimum absolute atomic E-state index is 0.210. The molecule has 0 spiro atoms. The van der Waals surface area contributed by atoms with Gasteiger partial charge in [0, 0.05) is 6.08 Å². The Kier molecular flexibility index (Phi) is 4.36. The molecule has 0 aliphatic carbocycles. The van der Waals surface area contributed by atoms with Crippen LogP contribution >= 0.6 is 24.0 Å². The lowest BCUT2D eigenvalue weighted by Gasteiger charge is -2.17. The first-order chi connectivity index (χ1) is 11.5. The number of nitro groups is 1. The molecule has 0 radical (unpaired) electrons. The van der Waals surface area contributed by atoms with E-state index in [1.54, 1.807) is 24.3 Å². The summed E-state index contributed by atoms with van der Waals surface area (Å²) in [5.74, 6) is 0.000855. The molecular formula is C15H10N2O5S2. The molecule has 0 atom stereocenters. The van der Waals surface area contributed by atoms with Gasteiger partial charge in [-0.2, -0.15) is 0 Å². The van der Waals surface area contributed by atoms with Crippen LogP contribution in [0.5, 0.6) is 5.75 Å². The maximum Gasteiger partial charge on any atom is 0.433 e. The molecule has 1 saturated heterocycles. The lowest BCUT2D eigenvalue weighted by atomic mass is 10.2. The fourth-order valence-electron chi connectivity index (χ4n) is 2.14. The molecule has 0 unspecified atom stereocenters. The van der Waals surface area contributed by atoms with Crippen LogP contribution in [-0.4, -0.2) is 22.3 Å². The van der Waals surface area contributed by atoms with E-state index in [1.807, 2.05) is 0 Å². The number of anilines is 1. The highest BCUT2D eigenvalue weighted by molar-refractivity contribution is 8.27. The zero-order chi connectivity index (χ0) is 17.3. The van der Waals surface area contributed by atoms with E-state index < -0.39 is 4.92 Å². The summed E-state index contributed by atoms with van der Waals surface area (Å²) < 4.78 is 10.7. The van der Waals surface area contributed by atoms with E-state index in [2.05, 4.69) is 0 Å². The van der Waals surface area contributed by atoms with Crippen LogP contribution in [-0.2, 0) is 4.79 Å². The summed E-state index contributed by atoms with van der Waals surface area (Å²) in [6, 6.07) is 9.67. The molecule has 0 bridgehead atoms. The van der Waals surface area contributed by atoms with E-state index in [0.29, 0.717) is 20.7 Å². The Morgan fingerprint density at radius 2 is 2.08 bits per heavy atom. The number of methoxy groups -OCH3 is 1. The Morgan fingerprint density at radius 3 is 2.75 bits per heavy atom. The van der Waals surface area contributed by atoms with Crippen LogP contribution in [0.15, 0.2) is 45.7 Å². The summed E-state index contributed by atoms with van der Waals surface area (Å²) in [6.07, 6.45) is 1.43. The van der Waals surface area contributed by atoms with Gasteiger partial charge in [0.25, 0.3) is 5.91 Å². The van der Waals surface area contributed by atoms with Crippen molar-refractivity contribution in [3.63, 3.8) is 0 Å². The normalized spacial score (nSPS) is 16.0. The Labute approximate surface area is 146 Å². The third-order valence-electron chi connectivity index (χ3n) is 3.19. The minimum atomic E-state index is -0.641. The second-order valence-corrected chi connectivity index (χ2v) is 6.30. The van der Waals surface area contributed by atoms with Crippen molar-refractivity contribution < 1.29 is 18.9 Å². The summed E-state index contributed by atoms with van der Waals surface area (Å²) in [5.41, 5.74) is 0.538. The van der Waals surface area contributed by atoms with Gasteiger partial charge in [0.1, 0.15) is 16.4 Å². The van der Waals surface area contributed by atoms with Crippen molar-refractivity contribution in [1.29, 1.82) is 0 Å². The molecular weight excluding hydrogens is 352 g/mol. The zero-order valence-corrected chi connectivity index (χ0v) is 13.9. The number of furan rings is 1. The fraction of sp³-hybridized carbons (Fsp3) is 0.0667. The Bertz CT molecular complexity index is 874. The molecule has 122 valence electrons. The van der Waals surface area contributed by atoms with Crippen molar-refractivity contribution in [2.45, 2.75) is 0 Å². The molecule has 1 aromatic carbocycles. The summed E-state index contributed by atoms with van der Waals surface area (Å²) >= 11 is 6.37. The van der Waals surface area contributed by atoms with Gasteiger partial charge in [-0.25, -0.2) is 0 Å². The van der Waals surface area contributed by atoms with Gasteiger partial charge in [-0.05, 0) is 18.2 Å². The predicted molar refractivity (Wildman–Crippen MR) is 94.0 cm³/mol. The number of thiocarbonyl (C=S) groups is 1. The number of hydrogen-bond acceptors (Lipinski definition) is 7. The molecule has 0 saturated carbocycles. The predicted octanol–water partition coefficient (Wildman–Crippen LogP) is 3.60. The highest BCUT2D eigenvalue weighted by Crippen LogP contribution is 2.39. The number of amides is 1. The summed E-state index contributed by atoms with van der Waals surface area (Å²) in [7, 11) is 1.51. The van der Waals surface area contributed by atoms with Gasteiger partial charge in [-0.1, -0.05) is 36.1 Å². The van der Waals surface area contributed by atoms with E-state index in [0.717, 1.165) is 11.8 Å². The third-order valence-corrected chi connectivity index (χ3v) is 4.49. The quantitative estimate of drug-likeness (QED) is 0.355. The number of carbonyl (C=O) groups excluding carboxylic acids is 1. The highest BCUT2D eigenvalue weighted by Gasteiger charge is 2.35. The SMILES string of the molecule is COc1ccccc1N1C(=O)C(=Cc2ccc([N+](=O)[O-])o2)SC1=S. The maximum absolute atomic E-state index is 12.6. The third kappa shape index (κ3) is 2.91. The molecule has 0 N–H and O–H groups in total. The summed E-state index contributed by atoms with van der Waals surface area (Å²) in [6.45, 7) is 0. The van der Waals surface area contributed by atoms with Gasteiger partial charge >= 0.3 is 5.88 Å². The highest BCUT2D eigenvalue weighted by atomic mass is 32.2. The lowest BCUT2D eigenvalue weighted by Crippen LogP contribution is -2.27. The van der Waals surface area contributed by atoms with Crippen LogP contribution in [0.4, 0.5) is 11.6 Å². The molecule has 1 amide bonds. The second kappa shape index (κ2) is 6.46. The second-order valence-electron chi connectivity index (χ2n) is 4.62. The largest absolute Gasteiger partial charge is 0.495 e. The molecule has 1 fully saturated rings. The topological polar surface area (TPSA) is 85.8 Å². The van der Waals surface area contributed by atoms with Crippen LogP contribution in [0, 0.1) is 10.1 Å². The summed E-state index contributed by atoms with van der Waals surface area (Å²) in [5, 5.41) is 10.7. The van der Waals surface area contributed by atoms with Gasteiger partial charge < -0.3 is 9.15 Å². The average molecular weight is 362 g/mol. The van der Waals surface area contributed by atoms with Crippen LogP contribution in [0.3, 0.4) is 0 Å². The smallest absolute Gasteiger partial charge is 0.433 e. The fourth-order valence-corrected chi connectivity index (χ4v) is 3.40. The average Bonchev–Trinajstić information content (AvgIpc) is 3.13. The van der Waals surface area contributed by atoms with Crippen molar-refractivity contribution in [2.75, 3.05) is 12.0 Å². The van der Waals surface area contributed by atoms with Crippen molar-refractivity contribution >= 4 is 51.9 Å². The van der Waals surface area contributed by atoms with E-state index in [4.69, 9.17) is 21.4 Å². The van der Waals surface area contributed by atoms with E-state index >= 15 is 0 Å². The number of ether oxygens (including phenoxy) is 1. The molecule has 1 aliphatic rings. The number of hydrogen-bond donors (Lipinski definition) is 0. The first-order valence-corrected chi connectivity index (χ1v) is 7.89. The Morgan fingerprint density at radius 1 is 1.33 bits per heavy atom. The lowest BCUT2D eigenvalue weighted by molar-refractivity contribution is -0.402. The number of rotatable bonds is 4. The number of carbonyl (C=O) groups is 1. The number of nitrogens with zero attached hydrogens (tertiary/aromatic N) is 2. The van der Waals surface area contributed by atoms with Crippen LogP contribution in [0.1, 0.15) is 5.76 Å². The van der Waals surface area contributed by atoms with Crippen molar-refractivity contribution in [3.05, 3.63) is 57.2 Å². The van der Waals surface area contributed by atoms with Crippen LogP contribution in [0.2, 0.25) is 0 Å². The molecule has 2 heterocycles. The molecule has 3 rings (SSSR count). The van der Waals surface area contributed by atoms with Gasteiger partial charge in [-0.3, -0.25) is 19.8 Å². The monoisotopic (exact) mass is 362 g/mol. The standard InChI is InChI=1S/C15H10N2O5S2/c1-21-11-5-3-2-4-10(11)16-14(18)12(24-15(16)23)8-9-6-7-13(22-9)17(19)20/h2-8H,1H3. The first kappa shape index (κ1) is 16.2. The van der Waals surface area contributed by atoms with E-state index in [1.165, 1.54) is 30.2 Å². The minimum Gasteiger partial charge on any atom is -0.495 e. The van der Waals surface area contributed by atoms with Gasteiger partial charge in [0.15, 0.2) is 4.32 Å². The zero-order valence-electron chi connectivity index (χ0n) is 12.3. The van der Waals surface area contributed by atoms with Crippen molar-refractivity contribution in [3.8, 4) is 5.75 Å². The van der Waals surface area contributed by atoms with E-state index in [-0.39, 0.29) is 17.6 Å². The number of para-hydroxylation sites is 2. The molecule has 9 heteroatoms. The summed E-state index contributed by atoms with van der Waals surface area (Å²) in [4.78, 5) is 24.3. The van der Waals surface area contributed by atoms with E-state index in [9.17, 15) is 14.9 Å². The van der Waals surface area contributed by atoms with Crippen molar-refractivity contribution in [1.82, 2.24) is 0 Å². The molecule has 1 aromatic heterocycles. The van der Waals surface area contributed by atoms with Gasteiger partial charge in [0.2, 0.25) is 0 Å². The van der Waals surface area contributed by atoms with Crippen LogP contribution in [0.25, 0.3) is 6.08 Å². The van der Waals surface area contributed by atoms with Gasteiger partial charge in [0.05, 0.1) is 23.8 Å². The molecule has 2 aromatic rings. The molecule has 1 aliphatic heterocycles. The van der Waals surface area contributed by atoms with Crippen molar-refractivity contribution in [2.24, 2.45) is 0 Å². The Balaban J connectivity index is 1.94. The number of benzene rings is 1. The maximum atomic E-state index is 12.6. The molecule has 7 nitrogen and oxygen atoms in total. The Hall–Kier alpha value is -2.65. The van der Waals surface area contributed by atoms with Gasteiger partial charge in [-0.15, -0.1) is 0 Å². The number of thioether (sulfide) groups is 1.